The molecule has 0 atom stereocenters. The van der Waals surface area contributed by atoms with Crippen LogP contribution in [-0.4, -0.2) is 12.2 Å². The van der Waals surface area contributed by atoms with Gasteiger partial charge in [0.25, 0.3) is 0 Å². The molecule has 0 radical (unpaired) electrons. The van der Waals surface area contributed by atoms with Crippen molar-refractivity contribution in [2.45, 2.75) is 0 Å². The minimum atomic E-state index is -4.78. The minimum absolute atomic E-state index is 0.622. The summed E-state index contributed by atoms with van der Waals surface area (Å²) in [4.78, 5) is 0. The van der Waals surface area contributed by atoms with Crippen molar-refractivity contribution in [2.24, 2.45) is 0 Å². The van der Waals surface area contributed by atoms with Crippen LogP contribution >= 0.6 is 25.2 Å². The standard InChI is InChI=1S/C26H25ClO4P2S/c1-33(31-27(28,29)30,25-18-10-4-11-19-25,26-20-12-5-13-21-26)22-32(34,23-14-6-2-7-15-23)24-16-8-3-9-17-24/h2-22,34H,1H3. The molecule has 0 bridgehead atoms. The van der Waals surface area contributed by atoms with Crippen molar-refractivity contribution >= 4 is 51.9 Å². The first kappa shape index (κ1) is 25.2. The van der Waals surface area contributed by atoms with Crippen LogP contribution in [-0.2, 0) is 4.08 Å². The van der Waals surface area contributed by atoms with Gasteiger partial charge in [-0.15, -0.1) is 0 Å². The zero-order valence-corrected chi connectivity index (χ0v) is 21.9. The summed E-state index contributed by atoms with van der Waals surface area (Å²) in [5.74, 6) is 0. The molecule has 0 spiro atoms. The van der Waals surface area contributed by atoms with Crippen molar-refractivity contribution in [1.29, 1.82) is 0 Å². The van der Waals surface area contributed by atoms with Crippen molar-refractivity contribution in [3.8, 4) is 0 Å². The maximum atomic E-state index is 12.4. The molecular weight excluding hydrogens is 506 g/mol. The summed E-state index contributed by atoms with van der Waals surface area (Å²) in [6, 6.07) is 37.7. The quantitative estimate of drug-likeness (QED) is 0.293. The Labute approximate surface area is 207 Å². The molecule has 8 heteroatoms. The number of hydrogen-bond donors (Lipinski definition) is 1. The number of thiol groups is 1. The van der Waals surface area contributed by atoms with E-state index in [2.05, 4.69) is 0 Å². The molecule has 0 saturated heterocycles. The van der Waals surface area contributed by atoms with Crippen LogP contribution in [0.2, 0.25) is 0 Å². The molecule has 0 aliphatic rings. The fourth-order valence-electron chi connectivity index (χ4n) is 4.19. The van der Waals surface area contributed by atoms with E-state index in [0.717, 1.165) is 10.6 Å². The zero-order valence-electron chi connectivity index (χ0n) is 18.5. The summed E-state index contributed by atoms with van der Waals surface area (Å²) in [5, 5.41) is 3.10. The molecule has 4 aromatic carbocycles. The van der Waals surface area contributed by atoms with E-state index in [1.54, 1.807) is 6.66 Å². The number of rotatable bonds is 7. The Morgan fingerprint density at radius 2 is 0.971 bits per heavy atom. The SMILES string of the molecule is CP(C=P(S)(c1ccccc1)c1ccccc1)(O[Cl+3]([O-])([O-])[O-])(c1ccccc1)c1ccccc1. The fourth-order valence-corrected chi connectivity index (χ4v) is 19.1. The first-order valence-electron chi connectivity index (χ1n) is 10.5. The fraction of sp³-hybridized carbons (Fsp3) is 0.0385. The Morgan fingerprint density at radius 3 is 1.29 bits per heavy atom. The van der Waals surface area contributed by atoms with E-state index in [1.807, 2.05) is 127 Å². The van der Waals surface area contributed by atoms with E-state index in [1.165, 1.54) is 0 Å². The molecule has 0 aliphatic heterocycles. The van der Waals surface area contributed by atoms with Gasteiger partial charge in [0.1, 0.15) is 0 Å². The van der Waals surface area contributed by atoms with E-state index < -0.39 is 23.2 Å². The van der Waals surface area contributed by atoms with Gasteiger partial charge >= 0.3 is 208 Å². The van der Waals surface area contributed by atoms with Gasteiger partial charge in [-0.3, -0.25) is 0 Å². The van der Waals surface area contributed by atoms with E-state index in [0.29, 0.717) is 10.6 Å². The van der Waals surface area contributed by atoms with Gasteiger partial charge in [0.05, 0.1) is 0 Å². The molecule has 0 N–H and O–H groups in total. The third-order valence-corrected chi connectivity index (χ3v) is 19.1. The Bertz CT molecular complexity index is 1220. The van der Waals surface area contributed by atoms with Gasteiger partial charge < -0.3 is 0 Å². The van der Waals surface area contributed by atoms with Gasteiger partial charge in [0, 0.05) is 0 Å². The molecule has 0 aliphatic carbocycles. The molecule has 176 valence electrons. The normalized spacial score (nSPS) is 13.6. The maximum absolute atomic E-state index is 12.4. The molecule has 34 heavy (non-hydrogen) atoms. The van der Waals surface area contributed by atoms with Gasteiger partial charge in [-0.2, -0.15) is 0 Å². The molecule has 0 heterocycles. The van der Waals surface area contributed by atoms with Crippen LogP contribution in [0.5, 0.6) is 0 Å². The van der Waals surface area contributed by atoms with E-state index in [4.69, 9.17) is 16.3 Å². The second-order valence-electron chi connectivity index (χ2n) is 8.14. The number of halogens is 1. The van der Waals surface area contributed by atoms with Crippen LogP contribution < -0.4 is 35.2 Å². The Kier molecular flexibility index (Phi) is 7.13. The molecule has 4 nitrogen and oxygen atoms in total. The van der Waals surface area contributed by atoms with Gasteiger partial charge in [0.2, 0.25) is 0 Å². The first-order chi connectivity index (χ1) is 16.1. The van der Waals surface area contributed by atoms with Crippen LogP contribution in [0.15, 0.2) is 121 Å². The topological polar surface area (TPSA) is 78.4 Å². The molecule has 4 rings (SSSR count). The number of hydrogen-bond acceptors (Lipinski definition) is 5. The Balaban J connectivity index is 2.22. The summed E-state index contributed by atoms with van der Waals surface area (Å²) < 4.78 is 42.8. The molecule has 0 amide bonds. The van der Waals surface area contributed by atoms with Crippen LogP contribution in [0.3, 0.4) is 0 Å². The molecule has 0 aromatic heterocycles. The predicted octanol–water partition coefficient (Wildman–Crippen LogP) is 1.92. The van der Waals surface area contributed by atoms with Crippen molar-refractivity contribution in [2.75, 3.05) is 6.66 Å². The Morgan fingerprint density at radius 1 is 0.647 bits per heavy atom. The van der Waals surface area contributed by atoms with Crippen LogP contribution in [0.4, 0.5) is 0 Å². The van der Waals surface area contributed by atoms with Crippen LogP contribution in [0.1, 0.15) is 0 Å². The molecule has 4 aromatic rings. The van der Waals surface area contributed by atoms with Crippen molar-refractivity contribution < 1.29 is 28.3 Å². The first-order valence-corrected chi connectivity index (χ1v) is 17.4. The average Bonchev–Trinajstić information content (AvgIpc) is 2.85. The van der Waals surface area contributed by atoms with Gasteiger partial charge in [0.15, 0.2) is 0 Å². The van der Waals surface area contributed by atoms with Crippen LogP contribution in [0, 0.1) is 10.2 Å². The van der Waals surface area contributed by atoms with Crippen molar-refractivity contribution in [3.05, 3.63) is 121 Å². The summed E-state index contributed by atoms with van der Waals surface area (Å²) in [7, 11) is -4.78. The summed E-state index contributed by atoms with van der Waals surface area (Å²) in [6.45, 7) is -2.51. The average molecular weight is 531 g/mol. The Hall–Kier alpha value is -1.91. The second kappa shape index (κ2) is 9.62. The van der Waals surface area contributed by atoms with E-state index >= 15 is 0 Å². The van der Waals surface area contributed by atoms with Crippen molar-refractivity contribution in [3.63, 3.8) is 0 Å². The predicted molar refractivity (Wildman–Crippen MR) is 140 cm³/mol. The molecule has 0 saturated carbocycles. The van der Waals surface area contributed by atoms with E-state index in [9.17, 15) is 14.0 Å². The zero-order chi connectivity index (χ0) is 24.3. The van der Waals surface area contributed by atoms with Crippen molar-refractivity contribution in [1.82, 2.24) is 0 Å². The third-order valence-electron chi connectivity index (χ3n) is 5.80. The third kappa shape index (κ3) is 4.90. The number of benzene rings is 4. The summed E-state index contributed by atoms with van der Waals surface area (Å²) >= 11 is 5.30. The van der Waals surface area contributed by atoms with Gasteiger partial charge in [-0.05, 0) is 0 Å². The van der Waals surface area contributed by atoms with Gasteiger partial charge in [-0.25, -0.2) is 0 Å². The molecular formula is C26H25ClO4P2S. The van der Waals surface area contributed by atoms with E-state index in [-0.39, 0.29) is 0 Å². The molecule has 0 fully saturated rings. The van der Waals surface area contributed by atoms with Crippen LogP contribution in [0.25, 0.3) is 0 Å². The monoisotopic (exact) mass is 530 g/mol. The second-order valence-corrected chi connectivity index (χ2v) is 18.8. The summed E-state index contributed by atoms with van der Waals surface area (Å²) in [5.41, 5.74) is 1.94. The van der Waals surface area contributed by atoms with Gasteiger partial charge in [-0.1, -0.05) is 0 Å². The summed E-state index contributed by atoms with van der Waals surface area (Å²) in [6.07, 6.45) is -2.68. The molecule has 0 unspecified atom stereocenters.